The average Bonchev–Trinajstić information content (AvgIpc) is 3.02. The molecule has 24 heavy (non-hydrogen) atoms. The van der Waals surface area contributed by atoms with E-state index in [9.17, 15) is 4.79 Å². The molecule has 0 aromatic heterocycles. The highest BCUT2D eigenvalue weighted by molar-refractivity contribution is 6.01. The number of carbonyl (C=O) groups excluding carboxylic acids is 1. The van der Waals surface area contributed by atoms with Crippen LogP contribution in [0.15, 0.2) is 72.8 Å². The lowest BCUT2D eigenvalue weighted by Crippen LogP contribution is -1.95. The van der Waals surface area contributed by atoms with Crippen molar-refractivity contribution in [2.24, 2.45) is 0 Å². The molecule has 0 amide bonds. The van der Waals surface area contributed by atoms with E-state index in [1.165, 1.54) is 5.56 Å². The third-order valence-electron chi connectivity index (χ3n) is 4.47. The predicted molar refractivity (Wildman–Crippen MR) is 95.3 cm³/mol. The second kappa shape index (κ2) is 6.32. The van der Waals surface area contributed by atoms with Crippen molar-refractivity contribution >= 4 is 5.78 Å². The summed E-state index contributed by atoms with van der Waals surface area (Å²) in [6.45, 7) is 0.563. The molecule has 118 valence electrons. The van der Waals surface area contributed by atoms with Crippen LogP contribution in [0, 0.1) is 0 Å². The first-order valence-electron chi connectivity index (χ1n) is 8.23. The first kappa shape index (κ1) is 14.7. The van der Waals surface area contributed by atoms with Crippen molar-refractivity contribution in [3.63, 3.8) is 0 Å². The highest BCUT2D eigenvalue weighted by atomic mass is 16.5. The predicted octanol–water partition coefficient (Wildman–Crippen LogP) is 5.06. The fourth-order valence-corrected chi connectivity index (χ4v) is 3.10. The number of aryl methyl sites for hydroxylation is 1. The van der Waals surface area contributed by atoms with Crippen LogP contribution in [0.3, 0.4) is 0 Å². The van der Waals surface area contributed by atoms with Gasteiger partial charge in [-0.15, -0.1) is 0 Å². The molecule has 0 spiro atoms. The van der Waals surface area contributed by atoms with Gasteiger partial charge in [0.25, 0.3) is 0 Å². The van der Waals surface area contributed by atoms with E-state index in [1.54, 1.807) is 0 Å². The molecule has 0 unspecified atom stereocenters. The molecule has 3 aromatic rings. The van der Waals surface area contributed by atoms with Gasteiger partial charge in [0.1, 0.15) is 12.4 Å². The Bertz CT molecular complexity index is 864. The molecule has 0 fully saturated rings. The highest BCUT2D eigenvalue weighted by Gasteiger charge is 2.19. The lowest BCUT2D eigenvalue weighted by Gasteiger charge is -2.08. The van der Waals surface area contributed by atoms with Gasteiger partial charge >= 0.3 is 0 Å². The van der Waals surface area contributed by atoms with Crippen molar-refractivity contribution < 1.29 is 9.53 Å². The van der Waals surface area contributed by atoms with E-state index >= 15 is 0 Å². The largest absolute Gasteiger partial charge is 0.489 e. The van der Waals surface area contributed by atoms with Crippen LogP contribution in [-0.4, -0.2) is 5.78 Å². The molecule has 3 aromatic carbocycles. The Balaban J connectivity index is 1.50. The van der Waals surface area contributed by atoms with Gasteiger partial charge in [-0.05, 0) is 46.9 Å². The minimum atomic E-state index is 0.259. The molecule has 0 saturated carbocycles. The van der Waals surface area contributed by atoms with E-state index in [0.717, 1.165) is 34.4 Å². The van der Waals surface area contributed by atoms with Crippen molar-refractivity contribution in [2.45, 2.75) is 19.4 Å². The van der Waals surface area contributed by atoms with E-state index in [4.69, 9.17) is 4.74 Å². The summed E-state index contributed by atoms with van der Waals surface area (Å²) in [5.74, 6) is 1.11. The molecule has 0 N–H and O–H groups in total. The molecule has 0 saturated heterocycles. The molecule has 2 heteroatoms. The summed E-state index contributed by atoms with van der Waals surface area (Å²) in [5, 5.41) is 0. The average molecular weight is 314 g/mol. The molecule has 0 radical (unpaired) electrons. The number of ketones is 1. The number of ether oxygens (including phenoxy) is 1. The normalized spacial score (nSPS) is 12.9. The maximum Gasteiger partial charge on any atom is 0.163 e. The highest BCUT2D eigenvalue weighted by Crippen LogP contribution is 2.29. The SMILES string of the molecule is O=C1CCc2ccc(-c3ccc(OCc4ccccc4)cc3)cc21. The maximum atomic E-state index is 11.9. The molecule has 2 nitrogen and oxygen atoms in total. The second-order valence-electron chi connectivity index (χ2n) is 6.09. The Morgan fingerprint density at radius 2 is 1.54 bits per heavy atom. The lowest BCUT2D eigenvalue weighted by molar-refractivity contribution is 0.0994. The van der Waals surface area contributed by atoms with Crippen LogP contribution in [0.1, 0.15) is 27.9 Å². The van der Waals surface area contributed by atoms with Crippen molar-refractivity contribution in [1.82, 2.24) is 0 Å². The second-order valence-corrected chi connectivity index (χ2v) is 6.09. The number of benzene rings is 3. The zero-order valence-corrected chi connectivity index (χ0v) is 13.4. The topological polar surface area (TPSA) is 26.3 Å². The fraction of sp³-hybridized carbons (Fsp3) is 0.136. The number of hydrogen-bond acceptors (Lipinski definition) is 2. The van der Waals surface area contributed by atoms with Gasteiger partial charge < -0.3 is 4.74 Å². The maximum absolute atomic E-state index is 11.9. The number of Topliss-reactive ketones (excluding diaryl/α,β-unsaturated/α-hetero) is 1. The van der Waals surface area contributed by atoms with E-state index in [2.05, 4.69) is 24.3 Å². The van der Waals surface area contributed by atoms with Crippen LogP contribution in [0.2, 0.25) is 0 Å². The third-order valence-corrected chi connectivity index (χ3v) is 4.47. The molecule has 1 aliphatic carbocycles. The van der Waals surface area contributed by atoms with Crippen LogP contribution in [0.5, 0.6) is 5.75 Å². The van der Waals surface area contributed by atoms with E-state index in [-0.39, 0.29) is 5.78 Å². The van der Waals surface area contributed by atoms with Crippen LogP contribution in [0.25, 0.3) is 11.1 Å². The van der Waals surface area contributed by atoms with Gasteiger partial charge in [-0.2, -0.15) is 0 Å². The van der Waals surface area contributed by atoms with Gasteiger partial charge in [0.05, 0.1) is 0 Å². The molecule has 4 rings (SSSR count). The van der Waals surface area contributed by atoms with Crippen molar-refractivity contribution in [3.05, 3.63) is 89.5 Å². The number of hydrogen-bond donors (Lipinski definition) is 0. The molecule has 0 bridgehead atoms. The molecular formula is C22H18O2. The summed E-state index contributed by atoms with van der Waals surface area (Å²) in [6, 6.07) is 24.4. The van der Waals surface area contributed by atoms with E-state index in [1.807, 2.05) is 48.5 Å². The van der Waals surface area contributed by atoms with Crippen LogP contribution in [0.4, 0.5) is 0 Å². The van der Waals surface area contributed by atoms with E-state index in [0.29, 0.717) is 13.0 Å². The van der Waals surface area contributed by atoms with Crippen molar-refractivity contribution in [3.8, 4) is 16.9 Å². The van der Waals surface area contributed by atoms with Crippen molar-refractivity contribution in [1.29, 1.82) is 0 Å². The first-order valence-corrected chi connectivity index (χ1v) is 8.23. The molecule has 1 aliphatic rings. The standard InChI is InChI=1S/C22H18O2/c23-22-13-10-18-6-7-19(14-21(18)22)17-8-11-20(12-9-17)24-15-16-4-2-1-3-5-16/h1-9,11-12,14H,10,13,15H2. The number of carbonyl (C=O) groups is 1. The Labute approximate surface area is 141 Å². The fourth-order valence-electron chi connectivity index (χ4n) is 3.10. The minimum Gasteiger partial charge on any atom is -0.489 e. The molecule has 0 heterocycles. The lowest BCUT2D eigenvalue weighted by atomic mass is 10.0. The van der Waals surface area contributed by atoms with Gasteiger partial charge in [-0.25, -0.2) is 0 Å². The summed E-state index contributed by atoms with van der Waals surface area (Å²) in [7, 11) is 0. The molecule has 0 aliphatic heterocycles. The van der Waals surface area contributed by atoms with Crippen LogP contribution < -0.4 is 4.74 Å². The van der Waals surface area contributed by atoms with Gasteiger partial charge in [0.2, 0.25) is 0 Å². The summed E-state index contributed by atoms with van der Waals surface area (Å²) < 4.78 is 5.82. The Morgan fingerprint density at radius 1 is 0.792 bits per heavy atom. The minimum absolute atomic E-state index is 0.259. The quantitative estimate of drug-likeness (QED) is 0.672. The van der Waals surface area contributed by atoms with Gasteiger partial charge in [0.15, 0.2) is 5.78 Å². The van der Waals surface area contributed by atoms with Crippen LogP contribution >= 0.6 is 0 Å². The zero-order chi connectivity index (χ0) is 16.4. The Hall–Kier alpha value is -2.87. The Morgan fingerprint density at radius 3 is 2.33 bits per heavy atom. The third kappa shape index (κ3) is 2.95. The molecular weight excluding hydrogens is 296 g/mol. The monoisotopic (exact) mass is 314 g/mol. The summed E-state index contributed by atoms with van der Waals surface area (Å²) in [6.07, 6.45) is 1.52. The summed E-state index contributed by atoms with van der Waals surface area (Å²) in [5.41, 5.74) is 5.39. The van der Waals surface area contributed by atoms with Crippen LogP contribution in [-0.2, 0) is 13.0 Å². The van der Waals surface area contributed by atoms with E-state index < -0.39 is 0 Å². The summed E-state index contributed by atoms with van der Waals surface area (Å²) in [4.78, 5) is 11.9. The number of fused-ring (bicyclic) bond motifs is 1. The summed E-state index contributed by atoms with van der Waals surface area (Å²) >= 11 is 0. The zero-order valence-electron chi connectivity index (χ0n) is 13.4. The van der Waals surface area contributed by atoms with Gasteiger partial charge in [0, 0.05) is 12.0 Å². The van der Waals surface area contributed by atoms with Gasteiger partial charge in [-0.1, -0.05) is 54.6 Å². The Kier molecular flexibility index (Phi) is 3.87. The number of rotatable bonds is 4. The smallest absolute Gasteiger partial charge is 0.163 e. The molecule has 0 atom stereocenters. The van der Waals surface area contributed by atoms with Crippen molar-refractivity contribution in [2.75, 3.05) is 0 Å². The van der Waals surface area contributed by atoms with Gasteiger partial charge in [-0.3, -0.25) is 4.79 Å². The first-order chi connectivity index (χ1) is 11.8.